The van der Waals surface area contributed by atoms with Crippen molar-refractivity contribution in [1.29, 1.82) is 0 Å². The number of ether oxygens (including phenoxy) is 5. The van der Waals surface area contributed by atoms with Crippen LogP contribution < -0.4 is 18.9 Å². The van der Waals surface area contributed by atoms with Crippen LogP contribution in [-0.2, 0) is 20.9 Å². The number of aliphatic hydroxyl groups excluding tert-OH is 2. The van der Waals surface area contributed by atoms with Crippen molar-refractivity contribution in [2.75, 3.05) is 33.2 Å². The Hall–Kier alpha value is -7.08. The molecule has 4 aromatic carbocycles. The zero-order chi connectivity index (χ0) is 48.5. The Bertz CT molecular complexity index is 2620. The van der Waals surface area contributed by atoms with Gasteiger partial charge in [0.1, 0.15) is 29.9 Å². The van der Waals surface area contributed by atoms with E-state index in [1.54, 1.807) is 59.5 Å². The molecule has 2 heterocycles. The zero-order valence-electron chi connectivity index (χ0n) is 38.4. The normalized spacial score (nSPS) is 22.5. The molecule has 0 saturated heterocycles. The van der Waals surface area contributed by atoms with Crippen LogP contribution in [0.4, 0.5) is 11.4 Å². The number of hydrogen-bond donors (Lipinski definition) is 2. The number of hydrogen-bond acceptors (Lipinski definition) is 14. The van der Waals surface area contributed by atoms with E-state index >= 15 is 4.79 Å². The quantitative estimate of drug-likeness (QED) is 0.0247. The number of nitro benzene ring substituents is 2. The van der Waals surface area contributed by atoms with Gasteiger partial charge in [-0.1, -0.05) is 42.3 Å². The van der Waals surface area contributed by atoms with E-state index in [1.165, 1.54) is 30.3 Å². The lowest BCUT2D eigenvalue weighted by Gasteiger charge is -2.60. The molecule has 0 bridgehead atoms. The van der Waals surface area contributed by atoms with Gasteiger partial charge in [-0.05, 0) is 116 Å². The minimum atomic E-state index is -1.59. The smallest absolute Gasteiger partial charge is 0.273 e. The second-order valence-corrected chi connectivity index (χ2v) is 17.4. The predicted molar refractivity (Wildman–Crippen MR) is 255 cm³/mol. The summed E-state index contributed by atoms with van der Waals surface area (Å²) in [5.41, 5.74) is 3.34. The van der Waals surface area contributed by atoms with E-state index in [2.05, 4.69) is 12.7 Å². The summed E-state index contributed by atoms with van der Waals surface area (Å²) in [7, 11) is 0. The molecular weight excluding hydrogens is 889 g/mol. The molecule has 1 saturated carbocycles. The molecule has 4 aliphatic rings. The van der Waals surface area contributed by atoms with Crippen molar-refractivity contribution in [1.82, 2.24) is 4.90 Å². The van der Waals surface area contributed by atoms with Crippen LogP contribution >= 0.6 is 0 Å². The lowest BCUT2D eigenvalue weighted by Crippen LogP contribution is -2.70. The van der Waals surface area contributed by atoms with Gasteiger partial charge in [0.2, 0.25) is 18.5 Å². The first-order valence-electron chi connectivity index (χ1n) is 23.3. The summed E-state index contributed by atoms with van der Waals surface area (Å²) in [5, 5.41) is 47.9. The third-order valence-electron chi connectivity index (χ3n) is 13.2. The molecule has 1 fully saturated rings. The van der Waals surface area contributed by atoms with E-state index < -0.39 is 33.5 Å². The van der Waals surface area contributed by atoms with Crippen molar-refractivity contribution in [3.63, 3.8) is 0 Å². The highest BCUT2D eigenvalue weighted by molar-refractivity contribution is 6.03. The van der Waals surface area contributed by atoms with Gasteiger partial charge in [-0.15, -0.1) is 6.58 Å². The molecule has 2 aliphatic heterocycles. The third kappa shape index (κ3) is 10.5. The first-order chi connectivity index (χ1) is 33.6. The highest BCUT2D eigenvalue weighted by Crippen LogP contribution is 2.62. The minimum Gasteiger partial charge on any atom is -0.459 e. The maximum atomic E-state index is 15.2. The summed E-state index contributed by atoms with van der Waals surface area (Å²) >= 11 is 0. The Morgan fingerprint density at radius 3 is 2.38 bits per heavy atom. The first kappa shape index (κ1) is 48.4. The summed E-state index contributed by atoms with van der Waals surface area (Å²) in [4.78, 5) is 45.0. The molecule has 0 aromatic heterocycles. The van der Waals surface area contributed by atoms with E-state index in [0.29, 0.717) is 60.0 Å². The topological polar surface area (TPSA) is 215 Å². The van der Waals surface area contributed by atoms with Crippen LogP contribution in [0.3, 0.4) is 0 Å². The number of benzene rings is 4. The second kappa shape index (κ2) is 21.9. The lowest BCUT2D eigenvalue weighted by atomic mass is 9.55. The molecule has 17 heteroatoms. The van der Waals surface area contributed by atoms with Crippen LogP contribution in [0.1, 0.15) is 74.5 Å². The molecule has 6 atom stereocenters. The number of unbranched alkanes of at least 4 members (excludes halogenated alkanes) is 2. The number of carbonyl (C=O) groups is 1. The number of amides is 1. The second-order valence-electron chi connectivity index (χ2n) is 17.4. The average molecular weight is 945 g/mol. The Morgan fingerprint density at radius 1 is 0.899 bits per heavy atom. The molecular formula is C52H56N4O13. The van der Waals surface area contributed by atoms with E-state index in [0.717, 1.165) is 29.5 Å². The molecule has 0 unspecified atom stereocenters. The summed E-state index contributed by atoms with van der Waals surface area (Å²) in [6, 6.07) is 21.9. The Labute approximate surface area is 399 Å². The van der Waals surface area contributed by atoms with E-state index in [9.17, 15) is 30.4 Å². The molecule has 2 aliphatic carbocycles. The van der Waals surface area contributed by atoms with Gasteiger partial charge < -0.3 is 43.6 Å². The molecule has 0 radical (unpaired) electrons. The number of non-ortho nitro benzene ring substituents is 2. The molecule has 4 aromatic rings. The number of oxime groups is 1. The first-order valence-corrected chi connectivity index (χ1v) is 23.3. The third-order valence-corrected chi connectivity index (χ3v) is 13.2. The van der Waals surface area contributed by atoms with Crippen LogP contribution in [0.25, 0.3) is 6.08 Å². The fraction of sp³-hybridized carbons (Fsp3) is 0.385. The highest BCUT2D eigenvalue weighted by Gasteiger charge is 2.65. The van der Waals surface area contributed by atoms with Gasteiger partial charge in [0.15, 0.2) is 11.5 Å². The Kier molecular flexibility index (Phi) is 15.4. The average Bonchev–Trinajstić information content (AvgIpc) is 3.83. The maximum Gasteiger partial charge on any atom is 0.273 e. The number of rotatable bonds is 22. The summed E-state index contributed by atoms with van der Waals surface area (Å²) in [6.45, 7) is 6.34. The van der Waals surface area contributed by atoms with Crippen molar-refractivity contribution in [2.24, 2.45) is 22.9 Å². The summed E-state index contributed by atoms with van der Waals surface area (Å²) in [5.74, 6) is -0.838. The van der Waals surface area contributed by atoms with Gasteiger partial charge in [-0.25, -0.2) is 0 Å². The van der Waals surface area contributed by atoms with Gasteiger partial charge in [0, 0.05) is 61.9 Å². The van der Waals surface area contributed by atoms with Crippen LogP contribution in [0.15, 0.2) is 120 Å². The van der Waals surface area contributed by atoms with E-state index in [-0.39, 0.29) is 81.1 Å². The molecule has 2 N–H and O–H groups in total. The minimum absolute atomic E-state index is 0.0158. The number of nitrogens with zero attached hydrogens (tertiary/aromatic N) is 4. The van der Waals surface area contributed by atoms with Gasteiger partial charge in [0.25, 0.3) is 11.4 Å². The van der Waals surface area contributed by atoms with Gasteiger partial charge in [-0.3, -0.25) is 25.0 Å². The number of fused-ring (bicyclic) bond motifs is 3. The van der Waals surface area contributed by atoms with Gasteiger partial charge >= 0.3 is 0 Å². The van der Waals surface area contributed by atoms with Crippen molar-refractivity contribution >= 4 is 29.1 Å². The zero-order valence-corrected chi connectivity index (χ0v) is 38.4. The van der Waals surface area contributed by atoms with Crippen LogP contribution in [0, 0.1) is 38.0 Å². The van der Waals surface area contributed by atoms with Crippen LogP contribution in [0.5, 0.6) is 28.7 Å². The van der Waals surface area contributed by atoms with Gasteiger partial charge in [0.05, 0.1) is 34.1 Å². The largest absolute Gasteiger partial charge is 0.459 e. The predicted octanol–water partition coefficient (Wildman–Crippen LogP) is 9.42. The highest BCUT2D eigenvalue weighted by atomic mass is 16.7. The number of aliphatic hydroxyl groups is 2. The number of nitro groups is 2. The summed E-state index contributed by atoms with van der Waals surface area (Å²) in [6.07, 6.45) is 11.1. The molecule has 17 nitrogen and oxygen atoms in total. The van der Waals surface area contributed by atoms with Crippen molar-refractivity contribution in [3.8, 4) is 28.7 Å². The summed E-state index contributed by atoms with van der Waals surface area (Å²) < 4.78 is 32.2. The van der Waals surface area contributed by atoms with Gasteiger partial charge in [-0.2, -0.15) is 0 Å². The molecule has 8 rings (SSSR count). The number of allylic oxidation sites excluding steroid dienone is 1. The lowest BCUT2D eigenvalue weighted by molar-refractivity contribution is -0.385. The Balaban J connectivity index is 1.33. The molecule has 1 amide bonds. The van der Waals surface area contributed by atoms with Crippen molar-refractivity contribution in [2.45, 2.75) is 76.2 Å². The van der Waals surface area contributed by atoms with Crippen molar-refractivity contribution in [3.05, 3.63) is 152 Å². The van der Waals surface area contributed by atoms with Crippen LogP contribution in [0.2, 0.25) is 0 Å². The van der Waals surface area contributed by atoms with E-state index in [4.69, 9.17) is 33.7 Å². The molecule has 69 heavy (non-hydrogen) atoms. The Morgan fingerprint density at radius 2 is 1.64 bits per heavy atom. The maximum absolute atomic E-state index is 15.2. The van der Waals surface area contributed by atoms with E-state index in [1.807, 2.05) is 25.1 Å². The molecule has 0 spiro atoms. The standard InChI is InChI=1S/C52H56N4O13/c1-3-26-66-52-48(54(32-35-16-21-46-47(27-35)65-33-64-46)49(59)23-17-34-14-18-37(19-15-34)55(60)61)31-44(53-67-4-2)42-28-36(10-5-7-24-57)41(13-6-8-25-58)50(51(42)52)43-30-40(20-22-45(43)69-52)68-39-12-9-11-38(29-39)56(62)63/h3,9,11-12,14-23,27-30,36,41,48,50-51,57-58H,1,4-8,10,13,24-26,31-33H2,2H3/t36-,41+,48-,50+,51+,52+/m0/s1. The fourth-order valence-corrected chi connectivity index (χ4v) is 10.2. The molecule has 362 valence electrons. The number of carbonyl (C=O) groups excluding carboxylic acids is 1. The van der Waals surface area contributed by atoms with Crippen LogP contribution in [-0.4, -0.2) is 81.6 Å². The van der Waals surface area contributed by atoms with Crippen molar-refractivity contribution < 1.29 is 53.4 Å². The monoisotopic (exact) mass is 944 g/mol. The SMILES string of the molecule is C=CCO[C@@]12Oc3ccc(Oc4cccc([N+](=O)[O-])c4)cc3[C@H]3[C@H](CCCCO)[C@@H](CCCCO)C=C(C(=NOCC)C[C@@H]1N(Cc1ccc4c(c1)OCO4)C(=O)C=Cc1ccc([N+](=O)[O-])cc1)[C@H]32. The fourth-order valence-electron chi connectivity index (χ4n) is 10.2.